The molecule has 2 rings (SSSR count). The summed E-state index contributed by atoms with van der Waals surface area (Å²) in [6, 6.07) is 1.96. The third-order valence-electron chi connectivity index (χ3n) is 2.65. The molecule has 1 aromatic carbocycles. The Kier molecular flexibility index (Phi) is 2.52. The van der Waals surface area contributed by atoms with Crippen LogP contribution in [0.5, 0.6) is 5.75 Å². The number of hydrogen-bond acceptors (Lipinski definition) is 2. The van der Waals surface area contributed by atoms with Gasteiger partial charge >= 0.3 is 0 Å². The number of nitrogens with zero attached hydrogens (tertiary/aromatic N) is 1. The van der Waals surface area contributed by atoms with Crippen molar-refractivity contribution in [2.45, 2.75) is 12.8 Å². The summed E-state index contributed by atoms with van der Waals surface area (Å²) in [5.74, 6) is -4.77. The van der Waals surface area contributed by atoms with Gasteiger partial charge in [0.05, 0.1) is 18.7 Å². The molecule has 17 heavy (non-hydrogen) atoms. The Balaban J connectivity index is 2.24. The lowest BCUT2D eigenvalue weighted by Gasteiger charge is -2.38. The van der Waals surface area contributed by atoms with Crippen LogP contribution >= 0.6 is 0 Å². The van der Waals surface area contributed by atoms with Crippen LogP contribution in [0.3, 0.4) is 0 Å². The molecule has 1 amide bonds. The van der Waals surface area contributed by atoms with Crippen molar-refractivity contribution in [3.63, 3.8) is 0 Å². The fraction of sp³-hybridized carbons (Fsp3) is 0.364. The van der Waals surface area contributed by atoms with Gasteiger partial charge in [0.1, 0.15) is 11.6 Å². The van der Waals surface area contributed by atoms with Crippen LogP contribution in [0, 0.1) is 12.7 Å². The number of carbonyl (C=O) groups excluding carboxylic acids is 1. The van der Waals surface area contributed by atoms with E-state index in [2.05, 4.69) is 0 Å². The number of amides is 1. The highest BCUT2D eigenvalue weighted by Gasteiger charge is 2.46. The lowest BCUT2D eigenvalue weighted by molar-refractivity contribution is -0.113. The van der Waals surface area contributed by atoms with Gasteiger partial charge in [-0.2, -0.15) is 0 Å². The number of aromatic hydroxyl groups is 1. The summed E-state index contributed by atoms with van der Waals surface area (Å²) in [5.41, 5.74) is -0.100. The van der Waals surface area contributed by atoms with Crippen LogP contribution < -0.4 is 0 Å². The predicted molar refractivity (Wildman–Crippen MR) is 53.7 cm³/mol. The van der Waals surface area contributed by atoms with Crippen LogP contribution in [0.15, 0.2) is 12.1 Å². The molecular weight excluding hydrogens is 235 g/mol. The van der Waals surface area contributed by atoms with Gasteiger partial charge < -0.3 is 10.0 Å². The van der Waals surface area contributed by atoms with Crippen LogP contribution in [0.1, 0.15) is 15.9 Å². The van der Waals surface area contributed by atoms with E-state index in [1.54, 1.807) is 0 Å². The molecular formula is C11H10F3NO2. The van der Waals surface area contributed by atoms with E-state index < -0.39 is 30.7 Å². The first-order valence-corrected chi connectivity index (χ1v) is 4.96. The topological polar surface area (TPSA) is 40.5 Å². The van der Waals surface area contributed by atoms with Crippen LogP contribution in [0.4, 0.5) is 13.2 Å². The molecule has 0 unspecified atom stereocenters. The Bertz CT molecular complexity index is 480. The highest BCUT2D eigenvalue weighted by atomic mass is 19.3. The van der Waals surface area contributed by atoms with Gasteiger partial charge in [-0.15, -0.1) is 0 Å². The number of aryl methyl sites for hydroxylation is 1. The molecule has 1 aromatic rings. The molecule has 0 atom stereocenters. The summed E-state index contributed by atoms with van der Waals surface area (Å²) >= 11 is 0. The van der Waals surface area contributed by atoms with E-state index in [-0.39, 0.29) is 16.9 Å². The largest absolute Gasteiger partial charge is 0.508 e. The Morgan fingerprint density at radius 2 is 2.00 bits per heavy atom. The zero-order chi connectivity index (χ0) is 12.8. The standard InChI is InChI=1S/C11H10F3NO2/c1-6-2-8(12)7(3-9(6)16)10(17)15-4-11(13,14)5-15/h2-3,16H,4-5H2,1H3. The summed E-state index contributed by atoms with van der Waals surface area (Å²) < 4.78 is 38.6. The first kappa shape index (κ1) is 11.8. The van der Waals surface area contributed by atoms with Gasteiger partial charge in [-0.1, -0.05) is 0 Å². The van der Waals surface area contributed by atoms with Gasteiger partial charge in [0, 0.05) is 0 Å². The Morgan fingerprint density at radius 1 is 1.41 bits per heavy atom. The predicted octanol–water partition coefficient (Wildman–Crippen LogP) is 1.93. The van der Waals surface area contributed by atoms with Crippen LogP contribution in [0.2, 0.25) is 0 Å². The minimum atomic E-state index is -2.89. The highest BCUT2D eigenvalue weighted by Crippen LogP contribution is 2.30. The SMILES string of the molecule is Cc1cc(F)c(C(=O)N2CC(F)(F)C2)cc1O. The molecule has 3 nitrogen and oxygen atoms in total. The third-order valence-corrected chi connectivity index (χ3v) is 2.65. The molecule has 6 heteroatoms. The monoisotopic (exact) mass is 245 g/mol. The van der Waals surface area contributed by atoms with E-state index in [4.69, 9.17) is 0 Å². The van der Waals surface area contributed by atoms with Gasteiger partial charge in [-0.3, -0.25) is 4.79 Å². The maximum Gasteiger partial charge on any atom is 0.282 e. The van der Waals surface area contributed by atoms with Gasteiger partial charge in [0.15, 0.2) is 0 Å². The maximum absolute atomic E-state index is 13.4. The van der Waals surface area contributed by atoms with Crippen molar-refractivity contribution in [2.24, 2.45) is 0 Å². The first-order chi connectivity index (χ1) is 7.80. The first-order valence-electron chi connectivity index (χ1n) is 4.96. The van der Waals surface area contributed by atoms with Crippen molar-refractivity contribution in [1.82, 2.24) is 4.90 Å². The zero-order valence-electron chi connectivity index (χ0n) is 9.01. The summed E-state index contributed by atoms with van der Waals surface area (Å²) in [6.45, 7) is 0.0598. The second kappa shape index (κ2) is 3.65. The number of carbonyl (C=O) groups is 1. The molecule has 0 radical (unpaired) electrons. The normalized spacial score (nSPS) is 17.8. The second-order valence-electron chi connectivity index (χ2n) is 4.14. The van der Waals surface area contributed by atoms with E-state index in [1.165, 1.54) is 6.92 Å². The Morgan fingerprint density at radius 3 is 2.53 bits per heavy atom. The molecule has 1 aliphatic heterocycles. The summed E-state index contributed by atoms with van der Waals surface area (Å²) in [6.07, 6.45) is 0. The number of phenolic OH excluding ortho intramolecular Hbond substituents is 1. The van der Waals surface area contributed by atoms with E-state index >= 15 is 0 Å². The van der Waals surface area contributed by atoms with Crippen LogP contribution in [-0.2, 0) is 0 Å². The molecule has 1 aliphatic rings. The van der Waals surface area contributed by atoms with Crippen molar-refractivity contribution in [2.75, 3.05) is 13.1 Å². The van der Waals surface area contributed by atoms with E-state index in [9.17, 15) is 23.1 Å². The molecule has 0 saturated carbocycles. The fourth-order valence-electron chi connectivity index (χ4n) is 1.65. The zero-order valence-corrected chi connectivity index (χ0v) is 9.01. The Hall–Kier alpha value is -1.72. The summed E-state index contributed by atoms with van der Waals surface area (Å²) in [4.78, 5) is 12.5. The average molecular weight is 245 g/mol. The molecule has 1 saturated heterocycles. The van der Waals surface area contributed by atoms with Crippen molar-refractivity contribution in [1.29, 1.82) is 0 Å². The summed E-state index contributed by atoms with van der Waals surface area (Å²) in [5, 5.41) is 9.36. The number of alkyl halides is 2. The molecule has 92 valence electrons. The molecule has 0 spiro atoms. The van der Waals surface area contributed by atoms with Crippen molar-refractivity contribution < 1.29 is 23.1 Å². The van der Waals surface area contributed by atoms with Crippen molar-refractivity contribution in [3.05, 3.63) is 29.1 Å². The lowest BCUT2D eigenvalue weighted by atomic mass is 10.1. The maximum atomic E-state index is 13.4. The number of rotatable bonds is 1. The van der Waals surface area contributed by atoms with Gasteiger partial charge in [-0.05, 0) is 24.6 Å². The lowest BCUT2D eigenvalue weighted by Crippen LogP contribution is -2.58. The highest BCUT2D eigenvalue weighted by molar-refractivity contribution is 5.95. The van der Waals surface area contributed by atoms with E-state index in [0.29, 0.717) is 0 Å². The number of phenols is 1. The quantitative estimate of drug-likeness (QED) is 0.821. The van der Waals surface area contributed by atoms with Crippen molar-refractivity contribution >= 4 is 5.91 Å². The molecule has 0 aliphatic carbocycles. The second-order valence-corrected chi connectivity index (χ2v) is 4.14. The van der Waals surface area contributed by atoms with Gasteiger partial charge in [0.2, 0.25) is 0 Å². The number of benzene rings is 1. The number of hydrogen-bond donors (Lipinski definition) is 1. The average Bonchev–Trinajstić information content (AvgIpc) is 2.19. The molecule has 0 bridgehead atoms. The minimum absolute atomic E-state index is 0.234. The van der Waals surface area contributed by atoms with Gasteiger partial charge in [0.25, 0.3) is 11.8 Å². The minimum Gasteiger partial charge on any atom is -0.508 e. The molecule has 1 N–H and O–H groups in total. The van der Waals surface area contributed by atoms with Crippen molar-refractivity contribution in [3.8, 4) is 5.75 Å². The Labute approximate surface area is 95.5 Å². The third kappa shape index (κ3) is 2.07. The number of halogens is 3. The molecule has 1 heterocycles. The smallest absolute Gasteiger partial charge is 0.282 e. The van der Waals surface area contributed by atoms with E-state index in [1.807, 2.05) is 0 Å². The molecule has 1 fully saturated rings. The summed E-state index contributed by atoms with van der Waals surface area (Å²) in [7, 11) is 0. The van der Waals surface area contributed by atoms with Gasteiger partial charge in [-0.25, -0.2) is 13.2 Å². The van der Waals surface area contributed by atoms with Crippen LogP contribution in [0.25, 0.3) is 0 Å². The fourth-order valence-corrected chi connectivity index (χ4v) is 1.65. The van der Waals surface area contributed by atoms with Crippen LogP contribution in [-0.4, -0.2) is 34.9 Å². The van der Waals surface area contributed by atoms with E-state index in [0.717, 1.165) is 17.0 Å². The molecule has 0 aromatic heterocycles. The number of likely N-dealkylation sites (tertiary alicyclic amines) is 1.